The molecule has 0 unspecified atom stereocenters. The van der Waals surface area contributed by atoms with Gasteiger partial charge in [0.25, 0.3) is 0 Å². The maximum Gasteiger partial charge on any atom is 0.124 e. The van der Waals surface area contributed by atoms with Crippen LogP contribution in [0.3, 0.4) is 0 Å². The van der Waals surface area contributed by atoms with E-state index < -0.39 is 0 Å². The molecule has 3 rings (SSSR count). The first-order valence-corrected chi connectivity index (χ1v) is 6.53. The van der Waals surface area contributed by atoms with E-state index in [-0.39, 0.29) is 6.04 Å². The number of aromatic nitrogens is 2. The van der Waals surface area contributed by atoms with Crippen LogP contribution in [0.4, 0.5) is 0 Å². The molecule has 17 heavy (non-hydrogen) atoms. The summed E-state index contributed by atoms with van der Waals surface area (Å²) in [6.07, 6.45) is 4.94. The fourth-order valence-electron chi connectivity index (χ4n) is 2.41. The molecule has 1 heterocycles. The van der Waals surface area contributed by atoms with E-state index in [0.717, 1.165) is 29.2 Å². The number of aromatic amines is 1. The van der Waals surface area contributed by atoms with Crippen LogP contribution >= 0.6 is 0 Å². The van der Waals surface area contributed by atoms with Gasteiger partial charge in [-0.3, -0.25) is 0 Å². The molecule has 0 radical (unpaired) electrons. The van der Waals surface area contributed by atoms with Crippen molar-refractivity contribution in [2.45, 2.75) is 44.6 Å². The highest BCUT2D eigenvalue weighted by atomic mass is 15.0. The molecule has 1 saturated carbocycles. The van der Waals surface area contributed by atoms with Gasteiger partial charge in [-0.25, -0.2) is 4.98 Å². The Bertz CT molecular complexity index is 522. The van der Waals surface area contributed by atoms with Gasteiger partial charge in [-0.15, -0.1) is 0 Å². The van der Waals surface area contributed by atoms with Crippen LogP contribution in [0.5, 0.6) is 0 Å². The standard InChI is InChI=1S/C14H19N3/c1-2-11(15)14-16-12-7-6-10(8-13(12)17-14)9-4-3-5-9/h6-9,11H,2-5,15H2,1H3,(H,16,17)/t11-/m0/s1. The molecule has 2 aromatic rings. The van der Waals surface area contributed by atoms with Gasteiger partial charge in [0.2, 0.25) is 0 Å². The number of hydrogen-bond donors (Lipinski definition) is 2. The number of nitrogens with zero attached hydrogens (tertiary/aromatic N) is 1. The van der Waals surface area contributed by atoms with Crippen LogP contribution in [0.2, 0.25) is 0 Å². The number of rotatable bonds is 3. The zero-order valence-corrected chi connectivity index (χ0v) is 10.2. The molecule has 1 aromatic heterocycles. The summed E-state index contributed by atoms with van der Waals surface area (Å²) in [6, 6.07) is 6.61. The van der Waals surface area contributed by atoms with Gasteiger partial charge >= 0.3 is 0 Å². The molecule has 3 heteroatoms. The molecule has 90 valence electrons. The third kappa shape index (κ3) is 1.84. The molecule has 1 aliphatic carbocycles. The minimum Gasteiger partial charge on any atom is -0.341 e. The van der Waals surface area contributed by atoms with Gasteiger partial charge in [0.1, 0.15) is 5.82 Å². The average Bonchev–Trinajstić information content (AvgIpc) is 2.68. The zero-order valence-electron chi connectivity index (χ0n) is 10.2. The quantitative estimate of drug-likeness (QED) is 0.849. The molecule has 1 aliphatic rings. The van der Waals surface area contributed by atoms with E-state index >= 15 is 0 Å². The summed E-state index contributed by atoms with van der Waals surface area (Å²) in [4.78, 5) is 7.92. The number of benzene rings is 1. The van der Waals surface area contributed by atoms with Gasteiger partial charge in [-0.2, -0.15) is 0 Å². The van der Waals surface area contributed by atoms with Crippen molar-refractivity contribution in [3.63, 3.8) is 0 Å². The SMILES string of the molecule is CC[C@H](N)c1nc2cc(C3CCC3)ccc2[nH]1. The Morgan fingerprint density at radius 2 is 2.29 bits per heavy atom. The second-order valence-electron chi connectivity index (χ2n) is 5.04. The molecule has 3 nitrogen and oxygen atoms in total. The van der Waals surface area contributed by atoms with Gasteiger partial charge in [-0.1, -0.05) is 19.4 Å². The largest absolute Gasteiger partial charge is 0.341 e. The summed E-state index contributed by atoms with van der Waals surface area (Å²) in [7, 11) is 0. The van der Waals surface area contributed by atoms with Crippen LogP contribution < -0.4 is 5.73 Å². The Morgan fingerprint density at radius 1 is 1.47 bits per heavy atom. The van der Waals surface area contributed by atoms with Gasteiger partial charge in [0.15, 0.2) is 0 Å². The topological polar surface area (TPSA) is 54.7 Å². The Labute approximate surface area is 101 Å². The minimum absolute atomic E-state index is 0.0227. The molecular formula is C14H19N3. The van der Waals surface area contributed by atoms with Crippen molar-refractivity contribution in [2.24, 2.45) is 5.73 Å². The van der Waals surface area contributed by atoms with Crippen molar-refractivity contribution in [2.75, 3.05) is 0 Å². The van der Waals surface area contributed by atoms with Crippen LogP contribution in [0, 0.1) is 0 Å². The third-order valence-electron chi connectivity index (χ3n) is 3.89. The Kier molecular flexibility index (Phi) is 2.63. The lowest BCUT2D eigenvalue weighted by atomic mass is 9.80. The lowest BCUT2D eigenvalue weighted by Gasteiger charge is -2.25. The van der Waals surface area contributed by atoms with Crippen molar-refractivity contribution in [3.8, 4) is 0 Å². The monoisotopic (exact) mass is 229 g/mol. The van der Waals surface area contributed by atoms with Crippen LogP contribution in [0.25, 0.3) is 11.0 Å². The number of nitrogens with one attached hydrogen (secondary N) is 1. The van der Waals surface area contributed by atoms with E-state index in [2.05, 4.69) is 35.1 Å². The third-order valence-corrected chi connectivity index (χ3v) is 3.89. The van der Waals surface area contributed by atoms with E-state index in [1.54, 1.807) is 0 Å². The summed E-state index contributed by atoms with van der Waals surface area (Å²) >= 11 is 0. The molecule has 0 saturated heterocycles. The molecule has 3 N–H and O–H groups in total. The molecule has 1 fully saturated rings. The van der Waals surface area contributed by atoms with E-state index in [0.29, 0.717) is 0 Å². The zero-order chi connectivity index (χ0) is 11.8. The first kappa shape index (κ1) is 10.8. The van der Waals surface area contributed by atoms with Crippen molar-refractivity contribution >= 4 is 11.0 Å². The molecular weight excluding hydrogens is 210 g/mol. The van der Waals surface area contributed by atoms with Gasteiger partial charge in [0, 0.05) is 0 Å². The summed E-state index contributed by atoms with van der Waals surface area (Å²) in [6.45, 7) is 2.08. The molecule has 0 bridgehead atoms. The number of H-pyrrole nitrogens is 1. The second-order valence-corrected chi connectivity index (χ2v) is 5.04. The van der Waals surface area contributed by atoms with E-state index in [1.165, 1.54) is 24.8 Å². The van der Waals surface area contributed by atoms with E-state index in [4.69, 9.17) is 5.73 Å². The number of fused-ring (bicyclic) bond motifs is 1. The summed E-state index contributed by atoms with van der Waals surface area (Å²) in [5.74, 6) is 1.67. The Morgan fingerprint density at radius 3 is 2.94 bits per heavy atom. The maximum absolute atomic E-state index is 6.00. The summed E-state index contributed by atoms with van der Waals surface area (Å²) in [5, 5.41) is 0. The predicted molar refractivity (Wildman–Crippen MR) is 69.9 cm³/mol. The normalized spacial score (nSPS) is 18.2. The highest BCUT2D eigenvalue weighted by molar-refractivity contribution is 5.76. The first-order valence-electron chi connectivity index (χ1n) is 6.53. The number of imidazole rings is 1. The van der Waals surface area contributed by atoms with E-state index in [9.17, 15) is 0 Å². The molecule has 1 atom stereocenters. The molecule has 1 aromatic carbocycles. The summed E-state index contributed by atoms with van der Waals surface area (Å²) < 4.78 is 0. The lowest BCUT2D eigenvalue weighted by molar-refractivity contribution is 0.420. The fraction of sp³-hybridized carbons (Fsp3) is 0.500. The van der Waals surface area contributed by atoms with Crippen molar-refractivity contribution in [1.82, 2.24) is 9.97 Å². The Balaban J connectivity index is 1.98. The second kappa shape index (κ2) is 4.15. The number of nitrogens with two attached hydrogens (primary N) is 1. The van der Waals surface area contributed by atoms with Crippen molar-refractivity contribution in [3.05, 3.63) is 29.6 Å². The van der Waals surface area contributed by atoms with Crippen molar-refractivity contribution < 1.29 is 0 Å². The maximum atomic E-state index is 6.00. The highest BCUT2D eigenvalue weighted by Crippen LogP contribution is 2.37. The Hall–Kier alpha value is -1.35. The molecule has 0 aliphatic heterocycles. The summed E-state index contributed by atoms with van der Waals surface area (Å²) in [5.41, 5.74) is 9.60. The van der Waals surface area contributed by atoms with Crippen LogP contribution in [-0.4, -0.2) is 9.97 Å². The highest BCUT2D eigenvalue weighted by Gasteiger charge is 2.20. The minimum atomic E-state index is 0.0227. The van der Waals surface area contributed by atoms with Crippen molar-refractivity contribution in [1.29, 1.82) is 0 Å². The first-order chi connectivity index (χ1) is 8.28. The van der Waals surface area contributed by atoms with Crippen LogP contribution in [0.1, 0.15) is 56.0 Å². The van der Waals surface area contributed by atoms with Gasteiger partial charge in [-0.05, 0) is 42.9 Å². The van der Waals surface area contributed by atoms with Gasteiger partial charge < -0.3 is 10.7 Å². The predicted octanol–water partition coefficient (Wildman–Crippen LogP) is 3.24. The fourth-order valence-corrected chi connectivity index (χ4v) is 2.41. The van der Waals surface area contributed by atoms with Gasteiger partial charge in [0.05, 0.1) is 17.1 Å². The smallest absolute Gasteiger partial charge is 0.124 e. The lowest BCUT2D eigenvalue weighted by Crippen LogP contribution is -2.10. The number of hydrogen-bond acceptors (Lipinski definition) is 2. The van der Waals surface area contributed by atoms with Crippen LogP contribution in [-0.2, 0) is 0 Å². The van der Waals surface area contributed by atoms with Crippen LogP contribution in [0.15, 0.2) is 18.2 Å². The van der Waals surface area contributed by atoms with E-state index in [1.807, 2.05) is 0 Å². The molecule has 0 spiro atoms. The molecule has 0 amide bonds. The average molecular weight is 229 g/mol.